The van der Waals surface area contributed by atoms with Crippen LogP contribution in [0.5, 0.6) is 0 Å². The Morgan fingerprint density at radius 2 is 1.97 bits per heavy atom. The lowest BCUT2D eigenvalue weighted by atomic mass is 10.0. The van der Waals surface area contributed by atoms with Gasteiger partial charge in [0.2, 0.25) is 11.9 Å². The second-order valence-electron chi connectivity index (χ2n) is 7.82. The van der Waals surface area contributed by atoms with E-state index in [9.17, 15) is 14.4 Å². The van der Waals surface area contributed by atoms with Crippen LogP contribution in [0.1, 0.15) is 22.0 Å². The minimum Gasteiger partial charge on any atom is -0.338 e. The maximum Gasteiger partial charge on any atom is 0.228 e. The Kier molecular flexibility index (Phi) is 7.01. The van der Waals surface area contributed by atoms with Crippen LogP contribution in [0.4, 0.5) is 10.1 Å². The van der Waals surface area contributed by atoms with Crippen molar-refractivity contribution in [3.8, 4) is 6.19 Å². The molecule has 0 aliphatic carbocycles. The van der Waals surface area contributed by atoms with Gasteiger partial charge in [-0.15, -0.1) is 11.3 Å². The van der Waals surface area contributed by atoms with E-state index < -0.39 is 0 Å². The van der Waals surface area contributed by atoms with Gasteiger partial charge in [0.1, 0.15) is 5.82 Å². The largest absolute Gasteiger partial charge is 0.338 e. The highest BCUT2D eigenvalue weighted by molar-refractivity contribution is 7.10. The number of carbonyl (C=O) groups is 1. The number of halogens is 1. The average molecular weight is 462 g/mol. The number of thiophene rings is 1. The second-order valence-corrected chi connectivity index (χ2v) is 8.85. The minimum absolute atomic E-state index is 0.0251. The van der Waals surface area contributed by atoms with Crippen LogP contribution in [-0.4, -0.2) is 41.3 Å². The van der Waals surface area contributed by atoms with Gasteiger partial charge in [0.05, 0.1) is 18.2 Å². The Balaban J connectivity index is 1.63. The van der Waals surface area contributed by atoms with E-state index in [0.29, 0.717) is 32.0 Å². The topological polar surface area (TPSA) is 71.7 Å². The summed E-state index contributed by atoms with van der Waals surface area (Å²) >= 11 is 1.56. The van der Waals surface area contributed by atoms with Crippen LogP contribution in [-0.2, 0) is 11.2 Å². The van der Waals surface area contributed by atoms with E-state index in [2.05, 4.69) is 5.32 Å². The van der Waals surface area contributed by atoms with Gasteiger partial charge in [-0.2, -0.15) is 5.26 Å². The van der Waals surface area contributed by atoms with Gasteiger partial charge in [0.25, 0.3) is 0 Å². The SMILES string of the molecule is Cc1ccccc1N=C(NC#N)N1CCN(C(=O)Cc2cccs2)C(c2ccc(F)cc2)C1. The standard InChI is InChI=1S/C25H24FN5OS/c1-18-5-2-3-7-22(18)29-25(28-17-27)30-12-13-31(24(32)15-21-6-4-14-33-21)23(16-30)19-8-10-20(26)11-9-19/h2-11,14,23H,12-13,15-16H2,1H3,(H,28,29). The molecule has 0 bridgehead atoms. The zero-order valence-electron chi connectivity index (χ0n) is 18.2. The molecule has 33 heavy (non-hydrogen) atoms. The minimum atomic E-state index is -0.323. The highest BCUT2D eigenvalue weighted by Crippen LogP contribution is 2.28. The Morgan fingerprint density at radius 3 is 2.67 bits per heavy atom. The maximum absolute atomic E-state index is 13.6. The molecular formula is C25H24FN5OS. The van der Waals surface area contributed by atoms with Gasteiger partial charge < -0.3 is 9.80 Å². The molecule has 4 rings (SSSR count). The predicted octanol–water partition coefficient (Wildman–Crippen LogP) is 4.38. The van der Waals surface area contributed by atoms with Crippen molar-refractivity contribution in [1.82, 2.24) is 15.1 Å². The number of rotatable bonds is 4. The van der Waals surface area contributed by atoms with E-state index in [-0.39, 0.29) is 17.8 Å². The summed E-state index contributed by atoms with van der Waals surface area (Å²) < 4.78 is 13.6. The first kappa shape index (κ1) is 22.5. The summed E-state index contributed by atoms with van der Waals surface area (Å²) in [4.78, 5) is 22.7. The van der Waals surface area contributed by atoms with Crippen molar-refractivity contribution < 1.29 is 9.18 Å². The molecular weight excluding hydrogens is 437 g/mol. The number of hydrogen-bond acceptors (Lipinski definition) is 4. The third kappa shape index (κ3) is 5.38. The quantitative estimate of drug-likeness (QED) is 0.271. The molecule has 0 saturated carbocycles. The number of carbonyl (C=O) groups excluding carboxylic acids is 1. The van der Waals surface area contributed by atoms with Crippen LogP contribution in [0.3, 0.4) is 0 Å². The number of nitrogens with zero attached hydrogens (tertiary/aromatic N) is 4. The van der Waals surface area contributed by atoms with Crippen LogP contribution in [0.2, 0.25) is 0 Å². The second kappa shape index (κ2) is 10.3. The highest BCUT2D eigenvalue weighted by Gasteiger charge is 2.33. The summed E-state index contributed by atoms with van der Waals surface area (Å²) in [5.41, 5.74) is 2.60. The Bertz CT molecular complexity index is 1170. The lowest BCUT2D eigenvalue weighted by molar-refractivity contribution is -0.134. The van der Waals surface area contributed by atoms with Crippen LogP contribution in [0, 0.1) is 24.2 Å². The molecule has 1 amide bonds. The van der Waals surface area contributed by atoms with Crippen LogP contribution in [0.15, 0.2) is 71.0 Å². The molecule has 1 atom stereocenters. The van der Waals surface area contributed by atoms with Crippen molar-refractivity contribution in [1.29, 1.82) is 5.26 Å². The summed E-state index contributed by atoms with van der Waals surface area (Å²) in [6.45, 7) is 3.38. The first-order chi connectivity index (χ1) is 16.0. The van der Waals surface area contributed by atoms with Gasteiger partial charge >= 0.3 is 0 Å². The Labute approximate surface area is 196 Å². The Hall–Kier alpha value is -3.70. The van der Waals surface area contributed by atoms with Crippen molar-refractivity contribution in [3.05, 3.63) is 87.9 Å². The van der Waals surface area contributed by atoms with E-state index in [1.54, 1.807) is 23.5 Å². The van der Waals surface area contributed by atoms with Gasteiger partial charge in [-0.3, -0.25) is 10.1 Å². The lowest BCUT2D eigenvalue weighted by Gasteiger charge is -2.42. The number of benzene rings is 2. The van der Waals surface area contributed by atoms with Gasteiger partial charge in [0.15, 0.2) is 6.19 Å². The molecule has 0 radical (unpaired) electrons. The Morgan fingerprint density at radius 1 is 1.18 bits per heavy atom. The molecule has 1 N–H and O–H groups in total. The van der Waals surface area contributed by atoms with Crippen molar-refractivity contribution in [3.63, 3.8) is 0 Å². The maximum atomic E-state index is 13.6. The van der Waals surface area contributed by atoms with E-state index in [1.165, 1.54) is 12.1 Å². The number of guanidine groups is 1. The number of para-hydroxylation sites is 1. The predicted molar refractivity (Wildman–Crippen MR) is 127 cm³/mol. The first-order valence-electron chi connectivity index (χ1n) is 10.7. The number of nitriles is 1. The van der Waals surface area contributed by atoms with Gasteiger partial charge in [-0.05, 0) is 47.7 Å². The molecule has 2 aromatic carbocycles. The van der Waals surface area contributed by atoms with Crippen molar-refractivity contribution in [2.75, 3.05) is 19.6 Å². The zero-order chi connectivity index (χ0) is 23.2. The van der Waals surface area contributed by atoms with Gasteiger partial charge in [-0.25, -0.2) is 9.38 Å². The number of amides is 1. The summed E-state index contributed by atoms with van der Waals surface area (Å²) in [5.74, 6) is 0.136. The summed E-state index contributed by atoms with van der Waals surface area (Å²) in [6.07, 6.45) is 2.31. The number of hydrogen-bond donors (Lipinski definition) is 1. The number of aryl methyl sites for hydroxylation is 1. The molecule has 168 valence electrons. The summed E-state index contributed by atoms with van der Waals surface area (Å²) in [5, 5.41) is 14.0. The third-order valence-electron chi connectivity index (χ3n) is 5.67. The molecule has 1 unspecified atom stereocenters. The lowest BCUT2D eigenvalue weighted by Crippen LogP contribution is -2.54. The fraction of sp³-hybridized carbons (Fsp3) is 0.240. The fourth-order valence-corrected chi connectivity index (χ4v) is 4.63. The third-order valence-corrected chi connectivity index (χ3v) is 6.55. The molecule has 1 aromatic heterocycles. The smallest absolute Gasteiger partial charge is 0.228 e. The van der Waals surface area contributed by atoms with Crippen LogP contribution >= 0.6 is 11.3 Å². The van der Waals surface area contributed by atoms with Crippen molar-refractivity contribution in [2.45, 2.75) is 19.4 Å². The number of aliphatic imine (C=N–C) groups is 1. The first-order valence-corrected chi connectivity index (χ1v) is 11.5. The van der Waals surface area contributed by atoms with E-state index in [1.807, 2.05) is 64.7 Å². The molecule has 6 nitrogen and oxygen atoms in total. The van der Waals surface area contributed by atoms with Crippen molar-refractivity contribution >= 4 is 28.9 Å². The summed E-state index contributed by atoms with van der Waals surface area (Å²) in [6, 6.07) is 17.5. The van der Waals surface area contributed by atoms with E-state index in [4.69, 9.17) is 4.99 Å². The monoisotopic (exact) mass is 461 g/mol. The molecule has 3 aromatic rings. The normalized spacial score (nSPS) is 16.4. The fourth-order valence-electron chi connectivity index (χ4n) is 3.94. The molecule has 1 fully saturated rings. The van der Waals surface area contributed by atoms with Gasteiger partial charge in [-0.1, -0.05) is 36.4 Å². The summed E-state index contributed by atoms with van der Waals surface area (Å²) in [7, 11) is 0. The van der Waals surface area contributed by atoms with E-state index in [0.717, 1.165) is 21.7 Å². The molecule has 1 saturated heterocycles. The molecule has 1 aliphatic rings. The molecule has 8 heteroatoms. The number of nitrogens with one attached hydrogen (secondary N) is 1. The van der Waals surface area contributed by atoms with Crippen molar-refractivity contribution in [2.24, 2.45) is 4.99 Å². The average Bonchev–Trinajstić information content (AvgIpc) is 3.33. The molecule has 2 heterocycles. The molecule has 0 spiro atoms. The zero-order valence-corrected chi connectivity index (χ0v) is 19.1. The number of piperazine rings is 1. The molecule has 1 aliphatic heterocycles. The van der Waals surface area contributed by atoms with E-state index >= 15 is 0 Å². The van der Waals surface area contributed by atoms with Gasteiger partial charge in [0, 0.05) is 24.5 Å². The van der Waals surface area contributed by atoms with Crippen LogP contribution in [0.25, 0.3) is 0 Å². The highest BCUT2D eigenvalue weighted by atomic mass is 32.1. The van der Waals surface area contributed by atoms with Crippen LogP contribution < -0.4 is 5.32 Å².